The number of carbonyl (C=O) groups excluding carboxylic acids is 1. The molecule has 5 nitrogen and oxygen atoms in total. The molecular formula is C15H11ClFNO4. The highest BCUT2D eigenvalue weighted by Gasteiger charge is 2.67. The fraction of sp³-hybridized carbons (Fsp3) is 0.333. The van der Waals surface area contributed by atoms with Gasteiger partial charge in [0.2, 0.25) is 5.91 Å². The SMILES string of the molecule is O=C(O)[C@@H]1[C@H]2C(=O)N(c3ccc(F)c(Cl)c3)C[C@@]23C=C[C@H]1O3. The minimum absolute atomic E-state index is 0.0876. The van der Waals surface area contributed by atoms with Gasteiger partial charge in [-0.15, -0.1) is 0 Å². The van der Waals surface area contributed by atoms with Gasteiger partial charge in [0.25, 0.3) is 0 Å². The summed E-state index contributed by atoms with van der Waals surface area (Å²) >= 11 is 5.76. The molecule has 7 heteroatoms. The molecule has 3 heterocycles. The maximum atomic E-state index is 13.3. The largest absolute Gasteiger partial charge is 0.481 e. The van der Waals surface area contributed by atoms with Crippen LogP contribution in [0, 0.1) is 17.7 Å². The number of ether oxygens (including phenoxy) is 1. The number of hydrogen-bond donors (Lipinski definition) is 1. The maximum absolute atomic E-state index is 13.3. The quantitative estimate of drug-likeness (QED) is 0.844. The molecule has 0 radical (unpaired) electrons. The van der Waals surface area contributed by atoms with Crippen molar-refractivity contribution in [3.63, 3.8) is 0 Å². The first kappa shape index (κ1) is 13.7. The second kappa shape index (κ2) is 4.30. The van der Waals surface area contributed by atoms with E-state index in [0.717, 1.165) is 0 Å². The van der Waals surface area contributed by atoms with Crippen molar-refractivity contribution in [2.75, 3.05) is 11.4 Å². The van der Waals surface area contributed by atoms with Crippen molar-refractivity contribution in [1.29, 1.82) is 0 Å². The second-order valence-electron chi connectivity index (χ2n) is 5.76. The van der Waals surface area contributed by atoms with Crippen LogP contribution >= 0.6 is 11.6 Å². The number of carboxylic acid groups (broad SMARTS) is 1. The van der Waals surface area contributed by atoms with E-state index in [1.165, 1.54) is 23.1 Å². The van der Waals surface area contributed by atoms with Crippen molar-refractivity contribution in [3.8, 4) is 0 Å². The molecule has 1 amide bonds. The Morgan fingerprint density at radius 2 is 2.27 bits per heavy atom. The third kappa shape index (κ3) is 1.62. The number of aliphatic carboxylic acids is 1. The Morgan fingerprint density at radius 1 is 1.50 bits per heavy atom. The normalized spacial score (nSPS) is 35.3. The Kier molecular flexibility index (Phi) is 2.68. The molecule has 114 valence electrons. The van der Waals surface area contributed by atoms with Gasteiger partial charge in [-0.05, 0) is 18.2 Å². The van der Waals surface area contributed by atoms with E-state index >= 15 is 0 Å². The van der Waals surface area contributed by atoms with Crippen LogP contribution in [0.25, 0.3) is 0 Å². The first-order valence-electron chi connectivity index (χ1n) is 6.79. The lowest BCUT2D eigenvalue weighted by Crippen LogP contribution is -2.39. The van der Waals surface area contributed by atoms with Crippen LogP contribution < -0.4 is 4.90 Å². The van der Waals surface area contributed by atoms with Crippen molar-refractivity contribution >= 4 is 29.2 Å². The fourth-order valence-corrected chi connectivity index (χ4v) is 3.83. The number of nitrogens with zero attached hydrogens (tertiary/aromatic N) is 1. The Balaban J connectivity index is 1.74. The van der Waals surface area contributed by atoms with Crippen LogP contribution in [0.1, 0.15) is 0 Å². The molecule has 2 fully saturated rings. The Labute approximate surface area is 129 Å². The van der Waals surface area contributed by atoms with E-state index in [-0.39, 0.29) is 17.5 Å². The molecule has 3 aliphatic rings. The van der Waals surface area contributed by atoms with E-state index in [1.54, 1.807) is 12.2 Å². The number of hydrogen-bond acceptors (Lipinski definition) is 3. The predicted molar refractivity (Wildman–Crippen MR) is 75.1 cm³/mol. The first-order valence-corrected chi connectivity index (χ1v) is 7.17. The second-order valence-corrected chi connectivity index (χ2v) is 6.17. The van der Waals surface area contributed by atoms with E-state index in [0.29, 0.717) is 5.69 Å². The molecule has 0 unspecified atom stereocenters. The lowest BCUT2D eigenvalue weighted by atomic mass is 9.77. The lowest BCUT2D eigenvalue weighted by Gasteiger charge is -2.21. The summed E-state index contributed by atoms with van der Waals surface area (Å²) in [5.41, 5.74) is -0.476. The number of carbonyl (C=O) groups is 2. The summed E-state index contributed by atoms with van der Waals surface area (Å²) in [5.74, 6) is -3.60. The third-order valence-corrected chi connectivity index (χ3v) is 4.89. The summed E-state index contributed by atoms with van der Waals surface area (Å²) in [6, 6.07) is 3.99. The van der Waals surface area contributed by atoms with Gasteiger partial charge >= 0.3 is 5.97 Å². The van der Waals surface area contributed by atoms with Gasteiger partial charge in [-0.1, -0.05) is 23.8 Å². The summed E-state index contributed by atoms with van der Waals surface area (Å²) in [4.78, 5) is 25.6. The summed E-state index contributed by atoms with van der Waals surface area (Å²) in [7, 11) is 0. The Bertz CT molecular complexity index is 736. The van der Waals surface area contributed by atoms with Crippen LogP contribution in [-0.2, 0) is 14.3 Å². The summed E-state index contributed by atoms with van der Waals surface area (Å²) < 4.78 is 19.1. The van der Waals surface area contributed by atoms with E-state index < -0.39 is 35.3 Å². The third-order valence-electron chi connectivity index (χ3n) is 4.60. The van der Waals surface area contributed by atoms with Crippen molar-refractivity contribution in [3.05, 3.63) is 41.2 Å². The molecule has 1 aromatic carbocycles. The standard InChI is InChI=1S/C15H11ClFNO4/c16-8-5-7(1-2-9(8)17)18-6-15-4-3-10(22-15)11(14(20)21)12(15)13(18)19/h1-5,10-12H,6H2,(H,20,21)/t10-,11+,12+,15+/m1/s1. The average Bonchev–Trinajstić information content (AvgIpc) is 3.10. The maximum Gasteiger partial charge on any atom is 0.310 e. The van der Waals surface area contributed by atoms with Gasteiger partial charge in [-0.3, -0.25) is 9.59 Å². The molecule has 4 rings (SSSR count). The zero-order valence-electron chi connectivity index (χ0n) is 11.2. The lowest BCUT2D eigenvalue weighted by molar-refractivity contribution is -0.146. The monoisotopic (exact) mass is 323 g/mol. The van der Waals surface area contributed by atoms with Gasteiger partial charge in [-0.25, -0.2) is 4.39 Å². The van der Waals surface area contributed by atoms with Gasteiger partial charge in [0, 0.05) is 5.69 Å². The molecule has 1 aromatic rings. The van der Waals surface area contributed by atoms with E-state index in [9.17, 15) is 19.1 Å². The highest BCUT2D eigenvalue weighted by molar-refractivity contribution is 6.31. The van der Waals surface area contributed by atoms with Gasteiger partial charge in [-0.2, -0.15) is 0 Å². The van der Waals surface area contributed by atoms with Gasteiger partial charge in [0.1, 0.15) is 17.3 Å². The van der Waals surface area contributed by atoms with Crippen LogP contribution in [0.3, 0.4) is 0 Å². The molecule has 3 aliphatic heterocycles. The Morgan fingerprint density at radius 3 is 2.95 bits per heavy atom. The number of amides is 1. The fourth-order valence-electron chi connectivity index (χ4n) is 3.65. The van der Waals surface area contributed by atoms with Crippen LogP contribution in [0.5, 0.6) is 0 Å². The molecule has 22 heavy (non-hydrogen) atoms. The molecule has 4 atom stereocenters. The van der Waals surface area contributed by atoms with Crippen molar-refractivity contribution in [2.45, 2.75) is 11.7 Å². The van der Waals surface area contributed by atoms with Crippen molar-refractivity contribution in [2.24, 2.45) is 11.8 Å². The summed E-state index contributed by atoms with van der Waals surface area (Å²) in [5, 5.41) is 9.29. The highest BCUT2D eigenvalue weighted by atomic mass is 35.5. The number of rotatable bonds is 2. The van der Waals surface area contributed by atoms with E-state index in [2.05, 4.69) is 0 Å². The number of halogens is 2. The highest BCUT2D eigenvalue weighted by Crippen LogP contribution is 2.52. The number of fused-ring (bicyclic) bond motifs is 1. The summed E-state index contributed by atoms with van der Waals surface area (Å²) in [6.45, 7) is 0.204. The molecule has 1 spiro atoms. The topological polar surface area (TPSA) is 66.8 Å². The van der Waals surface area contributed by atoms with Crippen LogP contribution in [0.15, 0.2) is 30.4 Å². The smallest absolute Gasteiger partial charge is 0.310 e. The van der Waals surface area contributed by atoms with Crippen LogP contribution in [0.2, 0.25) is 5.02 Å². The van der Waals surface area contributed by atoms with Crippen LogP contribution in [-0.4, -0.2) is 35.2 Å². The molecular weight excluding hydrogens is 313 g/mol. The zero-order valence-corrected chi connectivity index (χ0v) is 12.0. The molecule has 1 N–H and O–H groups in total. The van der Waals surface area contributed by atoms with E-state index in [4.69, 9.17) is 16.3 Å². The minimum atomic E-state index is -1.05. The zero-order chi connectivity index (χ0) is 15.6. The number of carboxylic acids is 1. The summed E-state index contributed by atoms with van der Waals surface area (Å²) in [6.07, 6.45) is 2.90. The van der Waals surface area contributed by atoms with E-state index in [1.807, 2.05) is 0 Å². The van der Waals surface area contributed by atoms with Crippen LogP contribution in [0.4, 0.5) is 10.1 Å². The van der Waals surface area contributed by atoms with Crippen molar-refractivity contribution < 1.29 is 23.8 Å². The number of anilines is 1. The molecule has 0 aliphatic carbocycles. The predicted octanol–water partition coefficient (Wildman–Crippen LogP) is 1.85. The Hall–Kier alpha value is -1.92. The molecule has 2 bridgehead atoms. The van der Waals surface area contributed by atoms with Gasteiger partial charge in [0.05, 0.1) is 23.6 Å². The molecule has 0 aromatic heterocycles. The average molecular weight is 324 g/mol. The first-order chi connectivity index (χ1) is 10.4. The minimum Gasteiger partial charge on any atom is -0.481 e. The van der Waals surface area contributed by atoms with Crippen molar-refractivity contribution in [1.82, 2.24) is 0 Å². The van der Waals surface area contributed by atoms with Gasteiger partial charge in [0.15, 0.2) is 0 Å². The number of benzene rings is 1. The van der Waals surface area contributed by atoms with Gasteiger partial charge < -0.3 is 14.7 Å². The molecule has 2 saturated heterocycles. The molecule has 0 saturated carbocycles.